The average molecular weight is 350 g/mol. The van der Waals surface area contributed by atoms with E-state index in [1.165, 1.54) is 11.3 Å². The summed E-state index contributed by atoms with van der Waals surface area (Å²) in [6.45, 7) is 5.73. The fourth-order valence-electron chi connectivity index (χ4n) is 2.69. The molecular weight excluding hydrogens is 326 g/mol. The van der Waals surface area contributed by atoms with Crippen molar-refractivity contribution in [3.63, 3.8) is 0 Å². The van der Waals surface area contributed by atoms with E-state index in [0.29, 0.717) is 9.96 Å². The van der Waals surface area contributed by atoms with Crippen molar-refractivity contribution in [2.24, 2.45) is 0 Å². The molecule has 0 bridgehead atoms. The molecule has 3 unspecified atom stereocenters. The van der Waals surface area contributed by atoms with Crippen molar-refractivity contribution in [1.82, 2.24) is 4.72 Å². The van der Waals surface area contributed by atoms with Gasteiger partial charge in [0.1, 0.15) is 4.21 Å². The van der Waals surface area contributed by atoms with Gasteiger partial charge >= 0.3 is 0 Å². The summed E-state index contributed by atoms with van der Waals surface area (Å²) >= 11 is 1.30. The monoisotopic (exact) mass is 349 g/mol. The summed E-state index contributed by atoms with van der Waals surface area (Å²) in [5, 5.41) is -0.0549. The second kappa shape index (κ2) is 6.89. The van der Waals surface area contributed by atoms with Gasteiger partial charge in [0.25, 0.3) is 0 Å². The summed E-state index contributed by atoms with van der Waals surface area (Å²) in [7, 11) is -4.46. The Hall–Kier alpha value is -0.240. The molecule has 120 valence electrons. The van der Waals surface area contributed by atoms with Crippen LogP contribution in [0.1, 0.15) is 43.0 Å². The van der Waals surface area contributed by atoms with Gasteiger partial charge in [-0.1, -0.05) is 19.8 Å². The van der Waals surface area contributed by atoms with Gasteiger partial charge in [0.15, 0.2) is 0 Å². The minimum atomic E-state index is -3.50. The zero-order chi connectivity index (χ0) is 15.6. The lowest BCUT2D eigenvalue weighted by Crippen LogP contribution is -2.47. The van der Waals surface area contributed by atoms with Crippen molar-refractivity contribution in [2.75, 3.05) is 5.75 Å². The second-order valence-electron chi connectivity index (χ2n) is 5.52. The highest BCUT2D eigenvalue weighted by atomic mass is 32.2. The Labute approximate surface area is 133 Å². The molecule has 0 aromatic carbocycles. The van der Waals surface area contributed by atoms with Crippen LogP contribution < -0.4 is 4.72 Å². The van der Waals surface area contributed by atoms with E-state index >= 15 is 0 Å². The van der Waals surface area contributed by atoms with Crippen LogP contribution in [-0.4, -0.2) is 29.7 Å². The van der Waals surface area contributed by atoms with Crippen molar-refractivity contribution in [1.29, 1.82) is 0 Å². The molecule has 3 atom stereocenters. The first-order valence-corrected chi connectivity index (χ1v) is 11.0. The molecule has 1 aliphatic carbocycles. The molecule has 0 spiro atoms. The quantitative estimate of drug-likeness (QED) is 0.889. The fourth-order valence-corrected chi connectivity index (χ4v) is 7.05. The predicted molar refractivity (Wildman–Crippen MR) is 88.8 cm³/mol. The number of hydrogen-bond donors (Lipinski definition) is 1. The molecule has 7 heteroatoms. The Morgan fingerprint density at radius 1 is 1.33 bits per heavy atom. The molecule has 1 fully saturated rings. The van der Waals surface area contributed by atoms with E-state index in [1.54, 1.807) is 6.07 Å². The maximum absolute atomic E-state index is 12.5. The van der Waals surface area contributed by atoms with Crippen molar-refractivity contribution in [3.05, 3.63) is 16.5 Å². The van der Waals surface area contributed by atoms with Gasteiger partial charge in [0.2, 0.25) is 10.0 Å². The van der Waals surface area contributed by atoms with E-state index < -0.39 is 20.8 Å². The van der Waals surface area contributed by atoms with Crippen LogP contribution in [0.2, 0.25) is 0 Å². The summed E-state index contributed by atoms with van der Waals surface area (Å²) in [5.74, 6) is 0.583. The van der Waals surface area contributed by atoms with Gasteiger partial charge in [-0.3, -0.25) is 4.21 Å². The van der Waals surface area contributed by atoms with Crippen LogP contribution in [0.15, 0.2) is 10.3 Å². The number of thiophene rings is 1. The molecule has 1 aliphatic rings. The second-order valence-corrected chi connectivity index (χ2v) is 10.7. The van der Waals surface area contributed by atoms with Crippen LogP contribution in [0.4, 0.5) is 0 Å². The van der Waals surface area contributed by atoms with Crippen LogP contribution in [0.5, 0.6) is 0 Å². The van der Waals surface area contributed by atoms with Crippen LogP contribution in [0.25, 0.3) is 0 Å². The average Bonchev–Trinajstić information content (AvgIpc) is 2.79. The number of nitrogens with one attached hydrogen (secondary N) is 1. The Morgan fingerprint density at radius 2 is 2.00 bits per heavy atom. The third-order valence-corrected chi connectivity index (χ3v) is 8.96. The molecule has 0 aliphatic heterocycles. The van der Waals surface area contributed by atoms with Crippen LogP contribution in [0.3, 0.4) is 0 Å². The van der Waals surface area contributed by atoms with Crippen molar-refractivity contribution in [3.8, 4) is 0 Å². The van der Waals surface area contributed by atoms with Gasteiger partial charge in [-0.25, -0.2) is 13.1 Å². The smallest absolute Gasteiger partial charge is 0.250 e. The summed E-state index contributed by atoms with van der Waals surface area (Å²) in [5.41, 5.74) is 0.998. The highest BCUT2D eigenvalue weighted by molar-refractivity contribution is 7.91. The third kappa shape index (κ3) is 3.94. The number of hydrogen-bond acceptors (Lipinski definition) is 4. The molecule has 1 heterocycles. The van der Waals surface area contributed by atoms with E-state index in [9.17, 15) is 12.6 Å². The SMILES string of the molecule is CCS(=O)C1CCCCC1NS(=O)(=O)c1cc(C)c(C)s1. The zero-order valence-corrected chi connectivity index (χ0v) is 15.2. The highest BCUT2D eigenvalue weighted by Gasteiger charge is 2.33. The van der Waals surface area contributed by atoms with Gasteiger partial charge in [-0.05, 0) is 38.3 Å². The Kier molecular flexibility index (Phi) is 5.62. The summed E-state index contributed by atoms with van der Waals surface area (Å²) in [6, 6.07) is 1.52. The fraction of sp³-hybridized carbons (Fsp3) is 0.714. The summed E-state index contributed by atoms with van der Waals surface area (Å²) < 4.78 is 40.4. The van der Waals surface area contributed by atoms with Crippen LogP contribution in [0, 0.1) is 13.8 Å². The Morgan fingerprint density at radius 3 is 2.57 bits per heavy atom. The lowest BCUT2D eigenvalue weighted by molar-refractivity contribution is 0.417. The maximum atomic E-state index is 12.5. The topological polar surface area (TPSA) is 63.2 Å². The van der Waals surface area contributed by atoms with E-state index in [1.807, 2.05) is 20.8 Å². The first kappa shape index (κ1) is 17.1. The number of sulfonamides is 1. The molecule has 0 radical (unpaired) electrons. The molecule has 1 aromatic rings. The van der Waals surface area contributed by atoms with Crippen molar-refractivity contribution < 1.29 is 12.6 Å². The summed E-state index contributed by atoms with van der Waals surface area (Å²) in [6.07, 6.45) is 3.65. The lowest BCUT2D eigenvalue weighted by atomic mass is 9.96. The predicted octanol–water partition coefficient (Wildman–Crippen LogP) is 2.72. The standard InChI is InChI=1S/C14H23NO3S3/c1-4-20(16)13-8-6-5-7-12(13)15-21(17,18)14-9-10(2)11(3)19-14/h9,12-13,15H,4-8H2,1-3H3. The number of aryl methyl sites for hydroxylation is 2. The Balaban J connectivity index is 2.19. The number of rotatable bonds is 5. The van der Waals surface area contributed by atoms with Gasteiger partial charge in [0, 0.05) is 27.5 Å². The van der Waals surface area contributed by atoms with Gasteiger partial charge in [-0.15, -0.1) is 11.3 Å². The Bertz CT molecular complexity index is 602. The van der Waals surface area contributed by atoms with Crippen LogP contribution in [-0.2, 0) is 20.8 Å². The minimum Gasteiger partial charge on any atom is -0.259 e. The van der Waals surface area contributed by atoms with Crippen LogP contribution >= 0.6 is 11.3 Å². The molecule has 1 N–H and O–H groups in total. The highest BCUT2D eigenvalue weighted by Crippen LogP contribution is 2.28. The molecule has 2 rings (SSSR count). The van der Waals surface area contributed by atoms with Gasteiger partial charge in [0.05, 0.1) is 5.25 Å². The van der Waals surface area contributed by atoms with E-state index in [-0.39, 0.29) is 11.3 Å². The molecule has 1 aromatic heterocycles. The molecule has 4 nitrogen and oxygen atoms in total. The first-order chi connectivity index (χ1) is 9.85. The normalized spacial score (nSPS) is 24.9. The summed E-state index contributed by atoms with van der Waals surface area (Å²) in [4.78, 5) is 1.02. The van der Waals surface area contributed by atoms with E-state index in [4.69, 9.17) is 0 Å². The molecule has 0 amide bonds. The minimum absolute atomic E-state index is 0.0549. The molecule has 1 saturated carbocycles. The largest absolute Gasteiger partial charge is 0.259 e. The van der Waals surface area contributed by atoms with Gasteiger partial charge < -0.3 is 0 Å². The molecule has 0 saturated heterocycles. The molecular formula is C14H23NO3S3. The third-order valence-electron chi connectivity index (χ3n) is 4.04. The first-order valence-electron chi connectivity index (χ1n) is 7.31. The van der Waals surface area contributed by atoms with E-state index in [0.717, 1.165) is 36.1 Å². The van der Waals surface area contributed by atoms with Gasteiger partial charge in [-0.2, -0.15) is 0 Å². The lowest BCUT2D eigenvalue weighted by Gasteiger charge is -2.30. The zero-order valence-electron chi connectivity index (χ0n) is 12.7. The van der Waals surface area contributed by atoms with Crippen molar-refractivity contribution in [2.45, 2.75) is 62.0 Å². The maximum Gasteiger partial charge on any atom is 0.250 e. The van der Waals surface area contributed by atoms with Crippen molar-refractivity contribution >= 4 is 32.2 Å². The van der Waals surface area contributed by atoms with E-state index in [2.05, 4.69) is 4.72 Å². The molecule has 21 heavy (non-hydrogen) atoms.